The van der Waals surface area contributed by atoms with E-state index >= 15 is 0 Å². The Kier molecular flexibility index (Phi) is 5.61. The number of anilines is 1. The number of esters is 1. The number of halogens is 1. The summed E-state index contributed by atoms with van der Waals surface area (Å²) in [6.45, 7) is 0.983. The summed E-state index contributed by atoms with van der Waals surface area (Å²) in [4.78, 5) is 35.3. The van der Waals surface area contributed by atoms with Crippen LogP contribution in [-0.4, -0.2) is 37.5 Å². The maximum absolute atomic E-state index is 12.2. The summed E-state index contributed by atoms with van der Waals surface area (Å²) in [5.74, 6) is -0.572. The van der Waals surface area contributed by atoms with Gasteiger partial charge in [-0.05, 0) is 42.8 Å². The first-order valence-electron chi connectivity index (χ1n) is 8.07. The van der Waals surface area contributed by atoms with Gasteiger partial charge in [0.2, 0.25) is 0 Å². The molecule has 1 aliphatic rings. The summed E-state index contributed by atoms with van der Waals surface area (Å²) in [5.41, 5.74) is 1.62. The molecule has 0 aromatic heterocycles. The van der Waals surface area contributed by atoms with Gasteiger partial charge >= 0.3 is 5.97 Å². The van der Waals surface area contributed by atoms with E-state index in [9.17, 15) is 14.4 Å². The molecule has 1 aliphatic heterocycles. The molecule has 2 aromatic carbocycles. The van der Waals surface area contributed by atoms with Crippen LogP contribution in [0.3, 0.4) is 0 Å². The Labute approximate surface area is 160 Å². The number of ether oxygens (including phenoxy) is 3. The van der Waals surface area contributed by atoms with Crippen molar-refractivity contribution >= 4 is 34.9 Å². The van der Waals surface area contributed by atoms with Gasteiger partial charge in [-0.3, -0.25) is 9.59 Å². The topological polar surface area (TPSA) is 90.9 Å². The zero-order valence-electron chi connectivity index (χ0n) is 14.4. The number of nitrogens with one attached hydrogen (secondary N) is 1. The monoisotopic (exact) mass is 389 g/mol. The highest BCUT2D eigenvalue weighted by molar-refractivity contribution is 6.32. The number of carbonyl (C=O) groups is 3. The average Bonchev–Trinajstić information content (AvgIpc) is 2.66. The predicted molar refractivity (Wildman–Crippen MR) is 97.5 cm³/mol. The maximum atomic E-state index is 12.2. The van der Waals surface area contributed by atoms with Crippen molar-refractivity contribution < 1.29 is 28.6 Å². The molecule has 3 rings (SSSR count). The number of benzene rings is 2. The molecule has 0 spiro atoms. The molecule has 1 heterocycles. The Morgan fingerprint density at radius 3 is 2.81 bits per heavy atom. The van der Waals surface area contributed by atoms with Gasteiger partial charge in [-0.2, -0.15) is 0 Å². The van der Waals surface area contributed by atoms with Crippen LogP contribution in [0.5, 0.6) is 11.5 Å². The molecule has 0 radical (unpaired) electrons. The third-order valence-corrected chi connectivity index (χ3v) is 4.04. The summed E-state index contributed by atoms with van der Waals surface area (Å²) < 4.78 is 15.5. The van der Waals surface area contributed by atoms with Crippen LogP contribution in [-0.2, 0) is 14.3 Å². The molecule has 0 unspecified atom stereocenters. The molecule has 2 aromatic rings. The number of rotatable bonds is 6. The Morgan fingerprint density at radius 2 is 2.00 bits per heavy atom. The normalized spacial score (nSPS) is 12.4. The number of carbonyl (C=O) groups excluding carboxylic acids is 3. The molecule has 0 atom stereocenters. The number of Topliss-reactive ketones (excluding diaryl/α,β-unsaturated/α-hetero) is 1. The van der Waals surface area contributed by atoms with Crippen LogP contribution in [0.25, 0.3) is 0 Å². The van der Waals surface area contributed by atoms with Crippen molar-refractivity contribution in [3.63, 3.8) is 0 Å². The van der Waals surface area contributed by atoms with Crippen molar-refractivity contribution in [2.45, 2.75) is 6.92 Å². The minimum atomic E-state index is -0.699. The Bertz CT molecular complexity index is 911. The first kappa shape index (κ1) is 18.7. The highest BCUT2D eigenvalue weighted by atomic mass is 35.5. The summed E-state index contributed by atoms with van der Waals surface area (Å²) in [7, 11) is 0. The van der Waals surface area contributed by atoms with E-state index in [4.69, 9.17) is 25.8 Å². The maximum Gasteiger partial charge on any atom is 0.344 e. The summed E-state index contributed by atoms with van der Waals surface area (Å²) >= 11 is 5.98. The lowest BCUT2D eigenvalue weighted by Crippen LogP contribution is -2.25. The van der Waals surface area contributed by atoms with Gasteiger partial charge in [-0.15, -0.1) is 0 Å². The van der Waals surface area contributed by atoms with Gasteiger partial charge in [-0.25, -0.2) is 4.79 Å². The molecule has 1 amide bonds. The molecule has 0 bridgehead atoms. The molecule has 27 heavy (non-hydrogen) atoms. The van der Waals surface area contributed by atoms with Crippen molar-refractivity contribution in [1.82, 2.24) is 0 Å². The number of fused-ring (bicyclic) bond motifs is 1. The van der Waals surface area contributed by atoms with Crippen LogP contribution in [0.2, 0.25) is 5.02 Å². The van der Waals surface area contributed by atoms with Gasteiger partial charge in [0.15, 0.2) is 25.6 Å². The number of amides is 1. The molecule has 0 saturated carbocycles. The third-order valence-electron chi connectivity index (χ3n) is 3.73. The van der Waals surface area contributed by atoms with E-state index in [1.807, 2.05) is 13.0 Å². The van der Waals surface area contributed by atoms with E-state index in [0.717, 1.165) is 5.56 Å². The fraction of sp³-hybridized carbons (Fsp3) is 0.211. The van der Waals surface area contributed by atoms with Crippen molar-refractivity contribution in [3.05, 3.63) is 52.5 Å². The van der Waals surface area contributed by atoms with Crippen molar-refractivity contribution in [2.24, 2.45) is 0 Å². The molecule has 0 aliphatic carbocycles. The lowest BCUT2D eigenvalue weighted by atomic mass is 10.1. The molecular formula is C19H16ClNO6. The van der Waals surface area contributed by atoms with E-state index < -0.39 is 18.4 Å². The Morgan fingerprint density at radius 1 is 1.19 bits per heavy atom. The van der Waals surface area contributed by atoms with Crippen molar-refractivity contribution in [2.75, 3.05) is 25.1 Å². The van der Waals surface area contributed by atoms with Crippen LogP contribution in [0.15, 0.2) is 36.4 Å². The zero-order valence-corrected chi connectivity index (χ0v) is 15.2. The van der Waals surface area contributed by atoms with Crippen molar-refractivity contribution in [3.8, 4) is 11.5 Å². The van der Waals surface area contributed by atoms with E-state index in [-0.39, 0.29) is 24.7 Å². The van der Waals surface area contributed by atoms with E-state index in [2.05, 4.69) is 5.32 Å². The van der Waals surface area contributed by atoms with E-state index in [1.165, 1.54) is 12.1 Å². The number of ketones is 1. The second kappa shape index (κ2) is 8.09. The molecular weight excluding hydrogens is 374 g/mol. The third kappa shape index (κ3) is 4.77. The molecule has 1 N–H and O–H groups in total. The summed E-state index contributed by atoms with van der Waals surface area (Å²) in [5, 5.41) is 2.99. The van der Waals surface area contributed by atoms with Gasteiger partial charge in [0.25, 0.3) is 5.91 Å². The van der Waals surface area contributed by atoms with Gasteiger partial charge in [0.05, 0.1) is 10.7 Å². The highest BCUT2D eigenvalue weighted by Gasteiger charge is 2.18. The largest absolute Gasteiger partial charge is 0.482 e. The van der Waals surface area contributed by atoms with Crippen LogP contribution in [0.1, 0.15) is 15.9 Å². The standard InChI is InChI=1S/C19H16ClNO6/c1-11-2-4-13(20)17(6-11)26-10-19(24)27-8-15(22)12-3-5-16-14(7-12)21-18(23)9-25-16/h2-7H,8-10H2,1H3,(H,21,23). The Hall–Kier alpha value is -3.06. The molecule has 0 fully saturated rings. The quantitative estimate of drug-likeness (QED) is 0.603. The SMILES string of the molecule is Cc1ccc(Cl)c(OCC(=O)OCC(=O)c2ccc3c(c2)NC(=O)CO3)c1. The minimum Gasteiger partial charge on any atom is -0.482 e. The first-order valence-corrected chi connectivity index (χ1v) is 8.44. The zero-order chi connectivity index (χ0) is 19.4. The molecule has 8 heteroatoms. The van der Waals surface area contributed by atoms with Crippen LogP contribution in [0, 0.1) is 6.92 Å². The summed E-state index contributed by atoms with van der Waals surface area (Å²) in [6, 6.07) is 9.77. The average molecular weight is 390 g/mol. The van der Waals surface area contributed by atoms with Crippen molar-refractivity contribution in [1.29, 1.82) is 0 Å². The first-order chi connectivity index (χ1) is 12.9. The summed E-state index contributed by atoms with van der Waals surface area (Å²) in [6.07, 6.45) is 0. The molecule has 140 valence electrons. The minimum absolute atomic E-state index is 0.0666. The second-order valence-electron chi connectivity index (χ2n) is 5.85. The smallest absolute Gasteiger partial charge is 0.344 e. The fourth-order valence-electron chi connectivity index (χ4n) is 2.39. The fourth-order valence-corrected chi connectivity index (χ4v) is 2.56. The van der Waals surface area contributed by atoms with E-state index in [1.54, 1.807) is 18.2 Å². The number of aryl methyl sites for hydroxylation is 1. The van der Waals surface area contributed by atoms with Crippen LogP contribution < -0.4 is 14.8 Å². The number of hydrogen-bond donors (Lipinski definition) is 1. The van der Waals surface area contributed by atoms with Crippen LogP contribution in [0.4, 0.5) is 5.69 Å². The van der Waals surface area contributed by atoms with Gasteiger partial charge in [0, 0.05) is 5.56 Å². The van der Waals surface area contributed by atoms with Gasteiger partial charge in [-0.1, -0.05) is 17.7 Å². The lowest BCUT2D eigenvalue weighted by molar-refractivity contribution is -0.144. The van der Waals surface area contributed by atoms with E-state index in [0.29, 0.717) is 22.2 Å². The highest BCUT2D eigenvalue weighted by Crippen LogP contribution is 2.28. The second-order valence-corrected chi connectivity index (χ2v) is 6.26. The molecule has 7 nitrogen and oxygen atoms in total. The van der Waals surface area contributed by atoms with Gasteiger partial charge in [0.1, 0.15) is 11.5 Å². The van der Waals surface area contributed by atoms with Gasteiger partial charge < -0.3 is 19.5 Å². The number of hydrogen-bond acceptors (Lipinski definition) is 6. The molecule has 0 saturated heterocycles. The lowest BCUT2D eigenvalue weighted by Gasteiger charge is -2.18. The predicted octanol–water partition coefficient (Wildman–Crippen LogP) is 2.78. The Balaban J connectivity index is 1.53. The van der Waals surface area contributed by atoms with Crippen LogP contribution >= 0.6 is 11.6 Å².